The van der Waals surface area contributed by atoms with E-state index < -0.39 is 5.60 Å². The van der Waals surface area contributed by atoms with Gasteiger partial charge in [-0.15, -0.1) is 0 Å². The van der Waals surface area contributed by atoms with Crippen LogP contribution < -0.4 is 14.4 Å². The monoisotopic (exact) mass is 356 g/mol. The molecule has 140 valence electrons. The third-order valence-corrected chi connectivity index (χ3v) is 5.35. The van der Waals surface area contributed by atoms with Crippen molar-refractivity contribution in [3.63, 3.8) is 0 Å². The van der Waals surface area contributed by atoms with Gasteiger partial charge < -0.3 is 19.5 Å². The number of rotatable bonds is 8. The standard InChI is InChI=1S/C22H29NO3/c1-25-20-11-9-19(10-12-20)22(24)13-16-23(17-14-22)15-5-6-18-26-21-7-3-2-4-8-21/h2-4,7-12,24H,5-6,13-18H2,1H3/p+1. The fourth-order valence-electron chi connectivity index (χ4n) is 3.64. The van der Waals surface area contributed by atoms with Gasteiger partial charge in [0.2, 0.25) is 0 Å². The maximum atomic E-state index is 11.0. The summed E-state index contributed by atoms with van der Waals surface area (Å²) in [6.45, 7) is 3.95. The molecule has 4 nitrogen and oxygen atoms in total. The van der Waals surface area contributed by atoms with Crippen molar-refractivity contribution in [2.45, 2.75) is 31.3 Å². The van der Waals surface area contributed by atoms with E-state index in [0.717, 1.165) is 69.0 Å². The molecule has 0 spiro atoms. The van der Waals surface area contributed by atoms with Gasteiger partial charge in [0.15, 0.2) is 0 Å². The van der Waals surface area contributed by atoms with Gasteiger partial charge in [-0.3, -0.25) is 0 Å². The van der Waals surface area contributed by atoms with Gasteiger partial charge in [-0.05, 0) is 42.7 Å². The van der Waals surface area contributed by atoms with Gasteiger partial charge in [0, 0.05) is 12.8 Å². The Kier molecular flexibility index (Phi) is 6.53. The number of unbranched alkanes of at least 4 members (excludes halogenated alkanes) is 1. The van der Waals surface area contributed by atoms with E-state index in [0.29, 0.717) is 0 Å². The average Bonchev–Trinajstić information content (AvgIpc) is 2.70. The van der Waals surface area contributed by atoms with Gasteiger partial charge >= 0.3 is 0 Å². The third-order valence-electron chi connectivity index (χ3n) is 5.35. The first-order valence-electron chi connectivity index (χ1n) is 9.58. The Hall–Kier alpha value is -2.04. The Morgan fingerprint density at radius 2 is 1.62 bits per heavy atom. The molecular weight excluding hydrogens is 326 g/mol. The van der Waals surface area contributed by atoms with E-state index in [-0.39, 0.29) is 0 Å². The van der Waals surface area contributed by atoms with Crippen molar-refractivity contribution in [1.29, 1.82) is 0 Å². The van der Waals surface area contributed by atoms with Gasteiger partial charge in [0.05, 0.1) is 33.4 Å². The molecule has 0 amide bonds. The lowest BCUT2D eigenvalue weighted by atomic mass is 9.84. The third kappa shape index (κ3) is 4.99. The number of ether oxygens (including phenoxy) is 2. The highest BCUT2D eigenvalue weighted by atomic mass is 16.5. The fraction of sp³-hybridized carbons (Fsp3) is 0.455. The van der Waals surface area contributed by atoms with Crippen LogP contribution >= 0.6 is 0 Å². The van der Waals surface area contributed by atoms with Crippen LogP contribution in [-0.4, -0.2) is 38.5 Å². The van der Waals surface area contributed by atoms with Crippen molar-refractivity contribution in [2.75, 3.05) is 33.4 Å². The number of quaternary nitrogens is 1. The van der Waals surface area contributed by atoms with E-state index in [1.165, 1.54) is 0 Å². The van der Waals surface area contributed by atoms with Crippen LogP contribution in [0.2, 0.25) is 0 Å². The summed E-state index contributed by atoms with van der Waals surface area (Å²) in [5, 5.41) is 11.0. The molecule has 1 heterocycles. The second-order valence-electron chi connectivity index (χ2n) is 7.13. The summed E-state index contributed by atoms with van der Waals surface area (Å²) in [5.41, 5.74) is 0.320. The molecule has 0 saturated carbocycles. The quantitative estimate of drug-likeness (QED) is 0.714. The SMILES string of the molecule is COc1ccc(C2(O)CC[NH+](CCCCOc3ccccc3)CC2)cc1. The summed E-state index contributed by atoms with van der Waals surface area (Å²) in [7, 11) is 1.66. The molecule has 4 heteroatoms. The molecule has 26 heavy (non-hydrogen) atoms. The lowest BCUT2D eigenvalue weighted by molar-refractivity contribution is -0.908. The molecule has 0 unspecified atom stereocenters. The molecule has 0 atom stereocenters. The van der Waals surface area contributed by atoms with Gasteiger partial charge in [0.25, 0.3) is 0 Å². The fourth-order valence-corrected chi connectivity index (χ4v) is 3.64. The van der Waals surface area contributed by atoms with Crippen molar-refractivity contribution in [1.82, 2.24) is 0 Å². The van der Waals surface area contributed by atoms with Crippen LogP contribution in [0.25, 0.3) is 0 Å². The topological polar surface area (TPSA) is 43.1 Å². The van der Waals surface area contributed by atoms with Gasteiger partial charge in [-0.25, -0.2) is 0 Å². The Morgan fingerprint density at radius 3 is 2.27 bits per heavy atom. The lowest BCUT2D eigenvalue weighted by Gasteiger charge is -2.36. The summed E-state index contributed by atoms with van der Waals surface area (Å²) in [5.74, 6) is 1.78. The van der Waals surface area contributed by atoms with Gasteiger partial charge in [-0.1, -0.05) is 30.3 Å². The molecule has 0 bridgehead atoms. The molecule has 2 aromatic carbocycles. The van der Waals surface area contributed by atoms with Crippen LogP contribution in [0.3, 0.4) is 0 Å². The summed E-state index contributed by atoms with van der Waals surface area (Å²) in [6, 6.07) is 17.8. The number of benzene rings is 2. The Bertz CT molecular complexity index is 649. The number of para-hydroxylation sites is 1. The summed E-state index contributed by atoms with van der Waals surface area (Å²) < 4.78 is 10.9. The number of piperidine rings is 1. The minimum absolute atomic E-state index is 0.688. The number of likely N-dealkylation sites (tertiary alicyclic amines) is 1. The van der Waals surface area contributed by atoms with E-state index in [1.54, 1.807) is 12.0 Å². The first kappa shape index (κ1) is 18.7. The smallest absolute Gasteiger partial charge is 0.119 e. The molecule has 2 aromatic rings. The molecule has 1 fully saturated rings. The van der Waals surface area contributed by atoms with Crippen LogP contribution in [0.15, 0.2) is 54.6 Å². The van der Waals surface area contributed by atoms with E-state index >= 15 is 0 Å². The first-order valence-corrected chi connectivity index (χ1v) is 9.58. The summed E-state index contributed by atoms with van der Waals surface area (Å²) in [6.07, 6.45) is 3.86. The zero-order chi connectivity index (χ0) is 18.2. The molecule has 0 radical (unpaired) electrons. The minimum atomic E-state index is -0.688. The van der Waals surface area contributed by atoms with Crippen LogP contribution in [-0.2, 0) is 5.60 Å². The zero-order valence-corrected chi connectivity index (χ0v) is 15.6. The van der Waals surface area contributed by atoms with Crippen molar-refractivity contribution >= 4 is 0 Å². The van der Waals surface area contributed by atoms with Crippen LogP contribution in [0, 0.1) is 0 Å². The second-order valence-corrected chi connectivity index (χ2v) is 7.13. The number of aliphatic hydroxyl groups is 1. The second kappa shape index (κ2) is 9.06. The number of nitrogens with one attached hydrogen (secondary N) is 1. The molecule has 3 rings (SSSR count). The van der Waals surface area contributed by atoms with Crippen molar-refractivity contribution < 1.29 is 19.5 Å². The Labute approximate surface area is 156 Å². The summed E-state index contributed by atoms with van der Waals surface area (Å²) in [4.78, 5) is 1.59. The van der Waals surface area contributed by atoms with E-state index in [9.17, 15) is 5.11 Å². The lowest BCUT2D eigenvalue weighted by Crippen LogP contribution is -3.13. The largest absolute Gasteiger partial charge is 0.497 e. The van der Waals surface area contributed by atoms with Gasteiger partial charge in [0.1, 0.15) is 17.1 Å². The highest BCUT2D eigenvalue weighted by molar-refractivity contribution is 5.31. The van der Waals surface area contributed by atoms with Crippen LogP contribution in [0.4, 0.5) is 0 Å². The van der Waals surface area contributed by atoms with Crippen LogP contribution in [0.5, 0.6) is 11.5 Å². The van der Waals surface area contributed by atoms with E-state index in [2.05, 4.69) is 0 Å². The highest BCUT2D eigenvalue weighted by Gasteiger charge is 2.35. The first-order chi connectivity index (χ1) is 12.7. The van der Waals surface area contributed by atoms with Crippen LogP contribution in [0.1, 0.15) is 31.2 Å². The maximum absolute atomic E-state index is 11.0. The molecule has 0 aliphatic carbocycles. The molecule has 1 aliphatic rings. The Balaban J connectivity index is 1.36. The van der Waals surface area contributed by atoms with Crippen molar-refractivity contribution in [3.8, 4) is 11.5 Å². The average molecular weight is 356 g/mol. The highest BCUT2D eigenvalue weighted by Crippen LogP contribution is 2.30. The molecule has 0 aromatic heterocycles. The minimum Gasteiger partial charge on any atom is -0.497 e. The predicted octanol–water partition coefficient (Wildman–Crippen LogP) is 2.42. The summed E-state index contributed by atoms with van der Waals surface area (Å²) >= 11 is 0. The number of hydrogen-bond acceptors (Lipinski definition) is 3. The molecule has 1 aliphatic heterocycles. The number of hydrogen-bond donors (Lipinski definition) is 2. The number of methoxy groups -OCH3 is 1. The normalized spacial score (nSPS) is 22.8. The maximum Gasteiger partial charge on any atom is 0.119 e. The zero-order valence-electron chi connectivity index (χ0n) is 15.6. The van der Waals surface area contributed by atoms with E-state index in [1.807, 2.05) is 54.6 Å². The van der Waals surface area contributed by atoms with Gasteiger partial charge in [-0.2, -0.15) is 0 Å². The molecule has 2 N–H and O–H groups in total. The van der Waals surface area contributed by atoms with Crippen molar-refractivity contribution in [3.05, 3.63) is 60.2 Å². The Morgan fingerprint density at radius 1 is 0.923 bits per heavy atom. The molecule has 1 saturated heterocycles. The van der Waals surface area contributed by atoms with Crippen molar-refractivity contribution in [2.24, 2.45) is 0 Å². The predicted molar refractivity (Wildman–Crippen MR) is 103 cm³/mol. The molecular formula is C22H30NO3+. The van der Waals surface area contributed by atoms with E-state index in [4.69, 9.17) is 9.47 Å².